The minimum atomic E-state index is -0.764. The highest BCUT2D eigenvalue weighted by molar-refractivity contribution is 5.93. The Kier molecular flexibility index (Phi) is 4.93. The lowest BCUT2D eigenvalue weighted by Crippen LogP contribution is -2.32. The molecular weight excluding hydrogens is 312 g/mol. The van der Waals surface area contributed by atoms with Gasteiger partial charge in [0.25, 0.3) is 5.91 Å². The van der Waals surface area contributed by atoms with E-state index in [1.807, 2.05) is 72.8 Å². The summed E-state index contributed by atoms with van der Waals surface area (Å²) in [6.07, 6.45) is 0. The molecule has 0 heterocycles. The molecule has 3 N–H and O–H groups in total. The topological polar surface area (TPSA) is 64.3 Å². The first kappa shape index (κ1) is 16.9. The average molecular weight is 332 g/mol. The van der Waals surface area contributed by atoms with E-state index in [4.69, 9.17) is 10.6 Å². The molecule has 4 heteroatoms. The second kappa shape index (κ2) is 7.30. The van der Waals surface area contributed by atoms with Crippen molar-refractivity contribution < 1.29 is 9.53 Å². The molecule has 0 aromatic heterocycles. The number of benzene rings is 3. The standard InChI is InChI=1S/C21H20N2O2/c1-25-21(17-8-4-2-5-9-17,18-10-6-3-7-11-18)19-14-12-16(13-15-19)20(24)23-22/h2-15H,22H2,1H3,(H,23,24). The van der Waals surface area contributed by atoms with Crippen LogP contribution in [0.4, 0.5) is 0 Å². The van der Waals surface area contributed by atoms with Crippen molar-refractivity contribution in [3.05, 3.63) is 107 Å². The van der Waals surface area contributed by atoms with Crippen LogP contribution >= 0.6 is 0 Å². The van der Waals surface area contributed by atoms with Crippen LogP contribution in [0, 0.1) is 0 Å². The number of amides is 1. The van der Waals surface area contributed by atoms with E-state index in [1.54, 1.807) is 19.2 Å². The summed E-state index contributed by atoms with van der Waals surface area (Å²) in [6.45, 7) is 0. The maximum atomic E-state index is 11.7. The minimum absolute atomic E-state index is 0.325. The van der Waals surface area contributed by atoms with Crippen LogP contribution in [0.1, 0.15) is 27.0 Å². The van der Waals surface area contributed by atoms with Crippen molar-refractivity contribution in [2.45, 2.75) is 5.60 Å². The first-order valence-electron chi connectivity index (χ1n) is 8.00. The Hall–Kier alpha value is -2.95. The summed E-state index contributed by atoms with van der Waals surface area (Å²) < 4.78 is 6.10. The summed E-state index contributed by atoms with van der Waals surface area (Å²) in [5.41, 5.74) is 4.84. The molecule has 0 aliphatic carbocycles. The zero-order valence-electron chi connectivity index (χ0n) is 14.0. The molecule has 0 unspecified atom stereocenters. The third-order valence-electron chi connectivity index (χ3n) is 4.35. The molecule has 3 aromatic rings. The number of rotatable bonds is 5. The van der Waals surface area contributed by atoms with Gasteiger partial charge in [0.15, 0.2) is 0 Å². The van der Waals surface area contributed by atoms with E-state index in [0.717, 1.165) is 16.7 Å². The van der Waals surface area contributed by atoms with Crippen LogP contribution in [0.2, 0.25) is 0 Å². The van der Waals surface area contributed by atoms with Gasteiger partial charge in [0.05, 0.1) is 0 Å². The van der Waals surface area contributed by atoms with Gasteiger partial charge in [0.2, 0.25) is 0 Å². The molecule has 0 bridgehead atoms. The van der Waals surface area contributed by atoms with E-state index in [2.05, 4.69) is 5.43 Å². The molecule has 1 amide bonds. The van der Waals surface area contributed by atoms with Gasteiger partial charge in [-0.15, -0.1) is 0 Å². The number of methoxy groups -OCH3 is 1. The lowest BCUT2D eigenvalue weighted by Gasteiger charge is -2.34. The number of hydrazine groups is 1. The molecule has 0 atom stereocenters. The van der Waals surface area contributed by atoms with Gasteiger partial charge in [0, 0.05) is 12.7 Å². The zero-order valence-corrected chi connectivity index (χ0v) is 14.0. The molecule has 0 spiro atoms. The second-order valence-electron chi connectivity index (χ2n) is 5.67. The van der Waals surface area contributed by atoms with E-state index in [1.165, 1.54) is 0 Å². The Morgan fingerprint density at radius 1 is 0.800 bits per heavy atom. The van der Waals surface area contributed by atoms with Crippen LogP contribution in [0.3, 0.4) is 0 Å². The van der Waals surface area contributed by atoms with Crippen molar-refractivity contribution in [2.75, 3.05) is 7.11 Å². The van der Waals surface area contributed by atoms with Crippen molar-refractivity contribution in [1.82, 2.24) is 5.43 Å². The lowest BCUT2D eigenvalue weighted by molar-refractivity contribution is 0.0585. The number of nitrogens with two attached hydrogens (primary N) is 1. The van der Waals surface area contributed by atoms with Gasteiger partial charge in [-0.1, -0.05) is 72.8 Å². The predicted molar refractivity (Wildman–Crippen MR) is 97.9 cm³/mol. The van der Waals surface area contributed by atoms with Crippen LogP contribution in [-0.4, -0.2) is 13.0 Å². The highest BCUT2D eigenvalue weighted by Gasteiger charge is 2.36. The molecule has 0 radical (unpaired) electrons. The van der Waals surface area contributed by atoms with Gasteiger partial charge in [-0.05, 0) is 28.8 Å². The molecule has 0 aliphatic heterocycles. The molecule has 126 valence electrons. The van der Waals surface area contributed by atoms with E-state index in [0.29, 0.717) is 5.56 Å². The summed E-state index contributed by atoms with van der Waals surface area (Å²) in [5, 5.41) is 0. The van der Waals surface area contributed by atoms with Gasteiger partial charge in [-0.25, -0.2) is 5.84 Å². The summed E-state index contributed by atoms with van der Waals surface area (Å²) in [5.74, 6) is 4.89. The Labute approximate surface area is 147 Å². The highest BCUT2D eigenvalue weighted by atomic mass is 16.5. The molecule has 4 nitrogen and oxygen atoms in total. The maximum absolute atomic E-state index is 11.7. The van der Waals surface area contributed by atoms with Crippen molar-refractivity contribution >= 4 is 5.91 Å². The predicted octanol–water partition coefficient (Wildman–Crippen LogP) is 3.23. The molecule has 3 aromatic carbocycles. The van der Waals surface area contributed by atoms with E-state index in [-0.39, 0.29) is 5.91 Å². The fourth-order valence-corrected chi connectivity index (χ4v) is 3.14. The molecule has 0 aliphatic rings. The highest BCUT2D eigenvalue weighted by Crippen LogP contribution is 2.39. The molecule has 3 rings (SSSR count). The zero-order chi connectivity index (χ0) is 17.7. The smallest absolute Gasteiger partial charge is 0.265 e. The molecular formula is C21H20N2O2. The van der Waals surface area contributed by atoms with Crippen molar-refractivity contribution in [3.63, 3.8) is 0 Å². The summed E-state index contributed by atoms with van der Waals surface area (Å²) in [7, 11) is 1.69. The SMILES string of the molecule is COC(c1ccccc1)(c1ccccc1)c1ccc(C(=O)NN)cc1. The third-order valence-corrected chi connectivity index (χ3v) is 4.35. The number of carbonyl (C=O) groups is 1. The van der Waals surface area contributed by atoms with Crippen molar-refractivity contribution in [1.29, 1.82) is 0 Å². The fourth-order valence-electron chi connectivity index (χ4n) is 3.14. The van der Waals surface area contributed by atoms with E-state index < -0.39 is 5.60 Å². The number of hydrogen-bond acceptors (Lipinski definition) is 3. The third kappa shape index (κ3) is 3.05. The van der Waals surface area contributed by atoms with Crippen LogP contribution in [0.15, 0.2) is 84.9 Å². The van der Waals surface area contributed by atoms with Crippen LogP contribution < -0.4 is 11.3 Å². The number of nitrogen functional groups attached to an aromatic ring is 1. The number of carbonyl (C=O) groups excluding carboxylic acids is 1. The van der Waals surface area contributed by atoms with Crippen LogP contribution in [-0.2, 0) is 10.3 Å². The van der Waals surface area contributed by atoms with Crippen molar-refractivity contribution in [2.24, 2.45) is 5.84 Å². The van der Waals surface area contributed by atoms with Crippen LogP contribution in [0.5, 0.6) is 0 Å². The van der Waals surface area contributed by atoms with Gasteiger partial charge < -0.3 is 4.74 Å². The monoisotopic (exact) mass is 332 g/mol. The Bertz CT molecular complexity index is 791. The van der Waals surface area contributed by atoms with Gasteiger partial charge in [-0.3, -0.25) is 10.2 Å². The first-order valence-corrected chi connectivity index (χ1v) is 8.00. The lowest BCUT2D eigenvalue weighted by atomic mass is 9.80. The van der Waals surface area contributed by atoms with E-state index >= 15 is 0 Å². The minimum Gasteiger partial charge on any atom is -0.364 e. The Morgan fingerprint density at radius 2 is 1.24 bits per heavy atom. The summed E-state index contributed by atoms with van der Waals surface area (Å²) in [4.78, 5) is 11.7. The summed E-state index contributed by atoms with van der Waals surface area (Å²) in [6, 6.07) is 27.3. The second-order valence-corrected chi connectivity index (χ2v) is 5.67. The first-order chi connectivity index (χ1) is 12.2. The molecule has 25 heavy (non-hydrogen) atoms. The Morgan fingerprint density at radius 3 is 1.64 bits per heavy atom. The molecule has 0 saturated carbocycles. The summed E-state index contributed by atoms with van der Waals surface area (Å²) >= 11 is 0. The average Bonchev–Trinajstić information content (AvgIpc) is 2.70. The maximum Gasteiger partial charge on any atom is 0.265 e. The fraction of sp³-hybridized carbons (Fsp3) is 0.0952. The van der Waals surface area contributed by atoms with Gasteiger partial charge >= 0.3 is 0 Å². The Balaban J connectivity index is 2.20. The van der Waals surface area contributed by atoms with Crippen LogP contribution in [0.25, 0.3) is 0 Å². The number of hydrogen-bond donors (Lipinski definition) is 2. The largest absolute Gasteiger partial charge is 0.364 e. The van der Waals surface area contributed by atoms with Gasteiger partial charge in [-0.2, -0.15) is 0 Å². The normalized spacial score (nSPS) is 11.1. The number of nitrogens with one attached hydrogen (secondary N) is 1. The van der Waals surface area contributed by atoms with Gasteiger partial charge in [0.1, 0.15) is 5.60 Å². The number of ether oxygens (including phenoxy) is 1. The van der Waals surface area contributed by atoms with E-state index in [9.17, 15) is 4.79 Å². The quantitative estimate of drug-likeness (QED) is 0.326. The molecule has 0 saturated heterocycles. The van der Waals surface area contributed by atoms with Crippen molar-refractivity contribution in [3.8, 4) is 0 Å². The molecule has 0 fully saturated rings.